The topological polar surface area (TPSA) is 103 Å². The summed E-state index contributed by atoms with van der Waals surface area (Å²) in [6.45, 7) is 2.32. The summed E-state index contributed by atoms with van der Waals surface area (Å²) in [4.78, 5) is 27.9. The van der Waals surface area contributed by atoms with Crippen LogP contribution in [0.25, 0.3) is 0 Å². The summed E-state index contributed by atoms with van der Waals surface area (Å²) in [6.07, 6.45) is -1.49. The number of carbonyl (C=O) groups is 2. The smallest absolute Gasteiger partial charge is 0.332 e. The second kappa shape index (κ2) is 7.44. The van der Waals surface area contributed by atoms with E-state index in [9.17, 15) is 9.59 Å². The lowest BCUT2D eigenvalue weighted by Gasteiger charge is -2.18. The molecule has 0 aliphatic carbocycles. The second-order valence-electron chi connectivity index (χ2n) is 4.50. The van der Waals surface area contributed by atoms with Gasteiger partial charge in [-0.3, -0.25) is 4.98 Å². The fourth-order valence-electron chi connectivity index (χ4n) is 1.58. The minimum Gasteiger partial charge on any atom is -0.479 e. The number of hydrogen-bond donors (Lipinski definition) is 3. The van der Waals surface area contributed by atoms with Crippen LogP contribution in [0.4, 0.5) is 4.79 Å². The van der Waals surface area contributed by atoms with E-state index in [1.165, 1.54) is 4.90 Å². The first kappa shape index (κ1) is 15.9. The van der Waals surface area contributed by atoms with Crippen molar-refractivity contribution in [1.29, 1.82) is 0 Å². The van der Waals surface area contributed by atoms with Crippen molar-refractivity contribution >= 4 is 12.0 Å². The van der Waals surface area contributed by atoms with Crippen molar-refractivity contribution in [1.82, 2.24) is 15.2 Å². The van der Waals surface area contributed by atoms with E-state index < -0.39 is 12.1 Å². The number of aromatic nitrogens is 1. The second-order valence-corrected chi connectivity index (χ2v) is 4.50. The zero-order valence-electron chi connectivity index (χ0n) is 11.5. The molecule has 0 aliphatic rings. The van der Waals surface area contributed by atoms with Gasteiger partial charge in [-0.05, 0) is 19.1 Å². The molecule has 3 N–H and O–H groups in total. The molecule has 1 heterocycles. The third-order valence-corrected chi connectivity index (χ3v) is 2.67. The number of aryl methyl sites for hydroxylation is 1. The van der Waals surface area contributed by atoms with Gasteiger partial charge >= 0.3 is 12.0 Å². The molecule has 110 valence electrons. The summed E-state index contributed by atoms with van der Waals surface area (Å²) >= 11 is 0. The van der Waals surface area contributed by atoms with Crippen LogP contribution < -0.4 is 5.32 Å². The number of rotatable bonds is 6. The molecule has 1 atom stereocenters. The Bertz CT molecular complexity index is 478. The Morgan fingerprint density at radius 2 is 2.15 bits per heavy atom. The van der Waals surface area contributed by atoms with E-state index in [-0.39, 0.29) is 19.0 Å². The molecule has 20 heavy (non-hydrogen) atoms. The van der Waals surface area contributed by atoms with Gasteiger partial charge in [0, 0.05) is 25.7 Å². The van der Waals surface area contributed by atoms with Gasteiger partial charge in [-0.15, -0.1) is 0 Å². The van der Waals surface area contributed by atoms with E-state index >= 15 is 0 Å². The maximum Gasteiger partial charge on any atom is 0.332 e. The molecule has 1 unspecified atom stereocenters. The summed E-state index contributed by atoms with van der Waals surface area (Å²) in [7, 11) is 1.62. The van der Waals surface area contributed by atoms with E-state index in [1.54, 1.807) is 7.05 Å². The Kier molecular flexibility index (Phi) is 5.92. The van der Waals surface area contributed by atoms with E-state index in [1.807, 2.05) is 25.1 Å². The highest BCUT2D eigenvalue weighted by Gasteiger charge is 2.14. The molecule has 0 saturated heterocycles. The third-order valence-electron chi connectivity index (χ3n) is 2.67. The largest absolute Gasteiger partial charge is 0.479 e. The lowest BCUT2D eigenvalue weighted by atomic mass is 10.2. The molecule has 0 bridgehead atoms. The van der Waals surface area contributed by atoms with Crippen LogP contribution in [0.5, 0.6) is 0 Å². The summed E-state index contributed by atoms with van der Waals surface area (Å²) in [5.41, 5.74) is 1.65. The highest BCUT2D eigenvalue weighted by molar-refractivity contribution is 5.74. The van der Waals surface area contributed by atoms with E-state index in [4.69, 9.17) is 10.2 Å². The van der Waals surface area contributed by atoms with Gasteiger partial charge in [0.1, 0.15) is 0 Å². The van der Waals surface area contributed by atoms with Gasteiger partial charge in [-0.2, -0.15) is 0 Å². The number of nitrogens with one attached hydrogen (secondary N) is 1. The van der Waals surface area contributed by atoms with Gasteiger partial charge in [-0.25, -0.2) is 9.59 Å². The van der Waals surface area contributed by atoms with Crippen molar-refractivity contribution in [2.75, 3.05) is 13.6 Å². The maximum absolute atomic E-state index is 11.7. The lowest BCUT2D eigenvalue weighted by molar-refractivity contribution is -0.146. The van der Waals surface area contributed by atoms with Gasteiger partial charge in [0.2, 0.25) is 0 Å². The molecule has 0 spiro atoms. The number of hydrogen-bond acceptors (Lipinski definition) is 4. The Labute approximate surface area is 117 Å². The molecule has 1 aromatic rings. The minimum atomic E-state index is -1.46. The molecule has 0 radical (unpaired) electrons. The minimum absolute atomic E-state index is 0.0302. The van der Waals surface area contributed by atoms with Crippen LogP contribution in [0.15, 0.2) is 18.2 Å². The zero-order valence-corrected chi connectivity index (χ0v) is 11.5. The van der Waals surface area contributed by atoms with Crippen molar-refractivity contribution in [3.05, 3.63) is 29.6 Å². The van der Waals surface area contributed by atoms with Crippen LogP contribution >= 0.6 is 0 Å². The number of carboxylic acids is 1. The molecular weight excluding hydrogens is 262 g/mol. The SMILES string of the molecule is Cc1cccc(CN(C)C(=O)NCCC(O)C(=O)O)n1. The van der Waals surface area contributed by atoms with Crippen LogP contribution in [0.3, 0.4) is 0 Å². The molecule has 2 amide bonds. The van der Waals surface area contributed by atoms with Crippen molar-refractivity contribution < 1.29 is 19.8 Å². The molecular formula is C13H19N3O4. The summed E-state index contributed by atoms with van der Waals surface area (Å²) in [5.74, 6) is -1.29. The van der Waals surface area contributed by atoms with Gasteiger partial charge in [0.05, 0.1) is 12.2 Å². The van der Waals surface area contributed by atoms with Crippen LogP contribution in [0, 0.1) is 6.92 Å². The van der Waals surface area contributed by atoms with Crippen LogP contribution in [-0.4, -0.2) is 51.8 Å². The fourth-order valence-corrected chi connectivity index (χ4v) is 1.58. The standard InChI is InChI=1S/C13H19N3O4/c1-9-4-3-5-10(15-9)8-16(2)13(20)14-7-6-11(17)12(18)19/h3-5,11,17H,6-8H2,1-2H3,(H,14,20)(H,18,19). The summed E-state index contributed by atoms with van der Waals surface area (Å²) in [5, 5.41) is 20.1. The van der Waals surface area contributed by atoms with Gasteiger partial charge < -0.3 is 20.4 Å². The average Bonchev–Trinajstić information content (AvgIpc) is 2.38. The van der Waals surface area contributed by atoms with Crippen LogP contribution in [0.1, 0.15) is 17.8 Å². The number of pyridine rings is 1. The molecule has 0 fully saturated rings. The average molecular weight is 281 g/mol. The van der Waals surface area contributed by atoms with Crippen molar-refractivity contribution in [3.8, 4) is 0 Å². The molecule has 1 aromatic heterocycles. The predicted molar refractivity (Wildman–Crippen MR) is 72.1 cm³/mol. The van der Waals surface area contributed by atoms with Crippen molar-refractivity contribution in [2.24, 2.45) is 0 Å². The molecule has 0 aromatic carbocycles. The first-order chi connectivity index (χ1) is 9.40. The Balaban J connectivity index is 2.38. The van der Waals surface area contributed by atoms with Gasteiger partial charge in [0.15, 0.2) is 6.10 Å². The van der Waals surface area contributed by atoms with E-state index in [0.29, 0.717) is 6.54 Å². The number of carbonyl (C=O) groups excluding carboxylic acids is 1. The van der Waals surface area contributed by atoms with Crippen LogP contribution in [-0.2, 0) is 11.3 Å². The monoisotopic (exact) mass is 281 g/mol. The quantitative estimate of drug-likeness (QED) is 0.699. The number of aliphatic carboxylic acids is 1. The third kappa shape index (κ3) is 5.23. The van der Waals surface area contributed by atoms with E-state index in [2.05, 4.69) is 10.3 Å². The summed E-state index contributed by atoms with van der Waals surface area (Å²) < 4.78 is 0. The number of carboxylic acid groups (broad SMARTS) is 1. The zero-order chi connectivity index (χ0) is 15.1. The molecule has 0 aliphatic heterocycles. The molecule has 1 rings (SSSR count). The fraction of sp³-hybridized carbons (Fsp3) is 0.462. The Morgan fingerprint density at radius 1 is 1.45 bits per heavy atom. The first-order valence-corrected chi connectivity index (χ1v) is 6.22. The Morgan fingerprint density at radius 3 is 2.75 bits per heavy atom. The normalized spacial score (nSPS) is 11.8. The van der Waals surface area contributed by atoms with Gasteiger partial charge in [0.25, 0.3) is 0 Å². The highest BCUT2D eigenvalue weighted by atomic mass is 16.4. The first-order valence-electron chi connectivity index (χ1n) is 6.22. The predicted octanol–water partition coefficient (Wildman–Crippen LogP) is 0.367. The number of aliphatic hydroxyl groups is 1. The van der Waals surface area contributed by atoms with Crippen molar-refractivity contribution in [3.63, 3.8) is 0 Å². The lowest BCUT2D eigenvalue weighted by Crippen LogP contribution is -2.38. The Hall–Kier alpha value is -2.15. The molecule has 0 saturated carbocycles. The number of nitrogens with zero attached hydrogens (tertiary/aromatic N) is 2. The van der Waals surface area contributed by atoms with Gasteiger partial charge in [-0.1, -0.05) is 6.07 Å². The number of aliphatic hydroxyl groups excluding tert-OH is 1. The number of urea groups is 1. The number of amides is 2. The van der Waals surface area contributed by atoms with Crippen molar-refractivity contribution in [2.45, 2.75) is 26.0 Å². The van der Waals surface area contributed by atoms with Crippen LogP contribution in [0.2, 0.25) is 0 Å². The maximum atomic E-state index is 11.7. The molecule has 7 heteroatoms. The summed E-state index contributed by atoms with van der Waals surface area (Å²) in [6, 6.07) is 5.22. The molecule has 7 nitrogen and oxygen atoms in total. The van der Waals surface area contributed by atoms with E-state index in [0.717, 1.165) is 11.4 Å². The highest BCUT2D eigenvalue weighted by Crippen LogP contribution is 2.02.